The molecule has 1 aliphatic heterocycles. The molecule has 100 valence electrons. The third kappa shape index (κ3) is 2.56. The number of morpholine rings is 1. The van der Waals surface area contributed by atoms with Crippen molar-refractivity contribution in [3.8, 4) is 0 Å². The molecule has 5 heteroatoms. The van der Waals surface area contributed by atoms with E-state index in [0.717, 1.165) is 30.9 Å². The van der Waals surface area contributed by atoms with Crippen molar-refractivity contribution in [3.63, 3.8) is 0 Å². The van der Waals surface area contributed by atoms with E-state index < -0.39 is 0 Å². The lowest BCUT2D eigenvalue weighted by atomic mass is 10.0. The molecule has 0 aliphatic carbocycles. The smallest absolute Gasteiger partial charge is 0.137 e. The van der Waals surface area contributed by atoms with Crippen LogP contribution in [0.3, 0.4) is 0 Å². The van der Waals surface area contributed by atoms with E-state index in [9.17, 15) is 0 Å². The van der Waals surface area contributed by atoms with Crippen LogP contribution in [0.4, 0.5) is 11.6 Å². The van der Waals surface area contributed by atoms with Crippen LogP contribution in [-0.4, -0.2) is 34.8 Å². The van der Waals surface area contributed by atoms with Crippen molar-refractivity contribution in [2.24, 2.45) is 0 Å². The van der Waals surface area contributed by atoms with Gasteiger partial charge in [-0.3, -0.25) is 0 Å². The number of aromatic nitrogens is 2. The highest BCUT2D eigenvalue weighted by molar-refractivity contribution is 5.57. The zero-order chi connectivity index (χ0) is 13.3. The third-order valence-corrected chi connectivity index (χ3v) is 3.18. The summed E-state index contributed by atoms with van der Waals surface area (Å²) >= 11 is 0. The molecule has 0 radical (unpaired) electrons. The van der Waals surface area contributed by atoms with Crippen LogP contribution < -0.4 is 10.6 Å². The van der Waals surface area contributed by atoms with Crippen LogP contribution in [0, 0.1) is 0 Å². The normalized spacial score (nSPS) is 23.1. The van der Waals surface area contributed by atoms with Crippen LogP contribution in [0.25, 0.3) is 0 Å². The van der Waals surface area contributed by atoms with E-state index in [-0.39, 0.29) is 11.7 Å². The fourth-order valence-electron chi connectivity index (χ4n) is 2.64. The Labute approximate surface area is 108 Å². The number of anilines is 2. The Balaban J connectivity index is 2.34. The molecule has 1 saturated heterocycles. The van der Waals surface area contributed by atoms with Crippen LogP contribution in [0.5, 0.6) is 0 Å². The topological polar surface area (TPSA) is 64.3 Å². The van der Waals surface area contributed by atoms with Gasteiger partial charge in [-0.1, -0.05) is 6.92 Å². The third-order valence-electron chi connectivity index (χ3n) is 3.18. The molecule has 2 N–H and O–H groups in total. The minimum atomic E-state index is -0.164. The number of hydrogen-bond acceptors (Lipinski definition) is 5. The molecule has 1 aromatic heterocycles. The highest BCUT2D eigenvalue weighted by Gasteiger charge is 2.32. The van der Waals surface area contributed by atoms with E-state index in [1.165, 1.54) is 6.33 Å². The second-order valence-corrected chi connectivity index (χ2v) is 5.48. The predicted octanol–water partition coefficient (Wildman–Crippen LogP) is 1.62. The molecule has 0 aromatic carbocycles. The Hall–Kier alpha value is -1.36. The molecule has 0 bridgehead atoms. The van der Waals surface area contributed by atoms with E-state index in [1.807, 2.05) is 0 Å². The van der Waals surface area contributed by atoms with Gasteiger partial charge in [0.25, 0.3) is 0 Å². The van der Waals surface area contributed by atoms with Crippen molar-refractivity contribution in [2.45, 2.75) is 45.8 Å². The molecule has 1 aliphatic rings. The van der Waals surface area contributed by atoms with Crippen molar-refractivity contribution >= 4 is 11.6 Å². The molecule has 1 atom stereocenters. The van der Waals surface area contributed by atoms with Gasteiger partial charge < -0.3 is 15.4 Å². The Morgan fingerprint density at radius 2 is 2.22 bits per heavy atom. The highest BCUT2D eigenvalue weighted by atomic mass is 16.5. The van der Waals surface area contributed by atoms with Crippen LogP contribution in [0.15, 0.2) is 6.33 Å². The van der Waals surface area contributed by atoms with Gasteiger partial charge in [0.15, 0.2) is 0 Å². The molecule has 18 heavy (non-hydrogen) atoms. The lowest BCUT2D eigenvalue weighted by Crippen LogP contribution is -2.52. The molecule has 2 heterocycles. The fraction of sp³-hybridized carbons (Fsp3) is 0.692. The van der Waals surface area contributed by atoms with Gasteiger partial charge in [-0.05, 0) is 27.2 Å². The van der Waals surface area contributed by atoms with Crippen molar-refractivity contribution in [3.05, 3.63) is 11.9 Å². The fourth-order valence-corrected chi connectivity index (χ4v) is 2.64. The maximum absolute atomic E-state index is 5.93. The summed E-state index contributed by atoms with van der Waals surface area (Å²) in [5.74, 6) is 1.53. The number of nitrogens with zero attached hydrogens (tertiary/aromatic N) is 3. The van der Waals surface area contributed by atoms with Gasteiger partial charge in [0.05, 0.1) is 11.7 Å². The maximum atomic E-state index is 5.93. The average molecular weight is 250 g/mol. The first-order valence-corrected chi connectivity index (χ1v) is 6.45. The van der Waals surface area contributed by atoms with E-state index >= 15 is 0 Å². The monoisotopic (exact) mass is 250 g/mol. The quantitative estimate of drug-likeness (QED) is 0.864. The zero-order valence-corrected chi connectivity index (χ0v) is 11.6. The molecule has 0 amide bonds. The van der Waals surface area contributed by atoms with Gasteiger partial charge >= 0.3 is 0 Å². The van der Waals surface area contributed by atoms with E-state index in [2.05, 4.69) is 42.6 Å². The standard InChI is InChI=1S/C13H22N4O/c1-5-10-11(14)15-8-16-12(10)17-6-9(2)18-13(3,4)7-17/h8-9H,5-7H2,1-4H3,(H2,14,15,16). The summed E-state index contributed by atoms with van der Waals surface area (Å²) in [6, 6.07) is 0. The van der Waals surface area contributed by atoms with Crippen molar-refractivity contribution < 1.29 is 4.74 Å². The van der Waals surface area contributed by atoms with Gasteiger partial charge in [0, 0.05) is 18.7 Å². The lowest BCUT2D eigenvalue weighted by Gasteiger charge is -2.42. The maximum Gasteiger partial charge on any atom is 0.137 e. The minimum Gasteiger partial charge on any atom is -0.383 e. The SMILES string of the molecule is CCc1c(N)ncnc1N1CC(C)OC(C)(C)C1. The molecular weight excluding hydrogens is 228 g/mol. The van der Waals surface area contributed by atoms with Gasteiger partial charge in [0.1, 0.15) is 18.0 Å². The molecular formula is C13H22N4O. The first-order chi connectivity index (χ1) is 8.43. The summed E-state index contributed by atoms with van der Waals surface area (Å²) in [7, 11) is 0. The summed E-state index contributed by atoms with van der Waals surface area (Å²) in [5, 5.41) is 0. The summed E-state index contributed by atoms with van der Waals surface area (Å²) < 4.78 is 5.91. The highest BCUT2D eigenvalue weighted by Crippen LogP contribution is 2.28. The average Bonchev–Trinajstić information content (AvgIpc) is 2.25. The Morgan fingerprint density at radius 1 is 1.50 bits per heavy atom. The number of rotatable bonds is 2. The molecule has 2 rings (SSSR count). The second-order valence-electron chi connectivity index (χ2n) is 5.48. The van der Waals surface area contributed by atoms with E-state index in [4.69, 9.17) is 10.5 Å². The minimum absolute atomic E-state index is 0.164. The first kappa shape index (κ1) is 13.1. The van der Waals surface area contributed by atoms with E-state index in [0.29, 0.717) is 5.82 Å². The number of hydrogen-bond donors (Lipinski definition) is 1. The van der Waals surface area contributed by atoms with Gasteiger partial charge in [-0.15, -0.1) is 0 Å². The first-order valence-electron chi connectivity index (χ1n) is 6.45. The molecule has 5 nitrogen and oxygen atoms in total. The van der Waals surface area contributed by atoms with Gasteiger partial charge in [0.2, 0.25) is 0 Å². The van der Waals surface area contributed by atoms with Crippen LogP contribution in [-0.2, 0) is 11.2 Å². The van der Waals surface area contributed by atoms with Crippen LogP contribution >= 0.6 is 0 Å². The summed E-state index contributed by atoms with van der Waals surface area (Å²) in [6.45, 7) is 10.0. The summed E-state index contributed by atoms with van der Waals surface area (Å²) in [4.78, 5) is 10.7. The number of nitrogen functional groups attached to an aromatic ring is 1. The Kier molecular flexibility index (Phi) is 3.43. The Morgan fingerprint density at radius 3 is 2.83 bits per heavy atom. The van der Waals surface area contributed by atoms with Crippen LogP contribution in [0.1, 0.15) is 33.3 Å². The van der Waals surface area contributed by atoms with E-state index in [1.54, 1.807) is 0 Å². The van der Waals surface area contributed by atoms with Gasteiger partial charge in [-0.2, -0.15) is 0 Å². The molecule has 1 fully saturated rings. The number of nitrogens with two attached hydrogens (primary N) is 1. The molecule has 1 aromatic rings. The molecule has 1 unspecified atom stereocenters. The summed E-state index contributed by atoms with van der Waals surface area (Å²) in [6.07, 6.45) is 2.57. The lowest BCUT2D eigenvalue weighted by molar-refractivity contribution is -0.0752. The predicted molar refractivity (Wildman–Crippen MR) is 72.7 cm³/mol. The largest absolute Gasteiger partial charge is 0.383 e. The van der Waals surface area contributed by atoms with Gasteiger partial charge in [-0.25, -0.2) is 9.97 Å². The van der Waals surface area contributed by atoms with Crippen LogP contribution in [0.2, 0.25) is 0 Å². The summed E-state index contributed by atoms with van der Waals surface area (Å²) in [5.41, 5.74) is 6.80. The Bertz CT molecular complexity index is 433. The van der Waals surface area contributed by atoms with Crippen molar-refractivity contribution in [1.82, 2.24) is 9.97 Å². The second kappa shape index (κ2) is 4.72. The molecule has 0 saturated carbocycles. The van der Waals surface area contributed by atoms with Crippen molar-refractivity contribution in [2.75, 3.05) is 23.7 Å². The number of ether oxygens (including phenoxy) is 1. The zero-order valence-electron chi connectivity index (χ0n) is 11.6. The van der Waals surface area contributed by atoms with Crippen molar-refractivity contribution in [1.29, 1.82) is 0 Å². The molecule has 0 spiro atoms.